The second-order valence-corrected chi connectivity index (χ2v) is 9.19. The van der Waals surface area contributed by atoms with Crippen LogP contribution in [0.2, 0.25) is 10.0 Å². The highest BCUT2D eigenvalue weighted by molar-refractivity contribution is 6.35. The van der Waals surface area contributed by atoms with Crippen LogP contribution in [0.15, 0.2) is 67.0 Å². The lowest BCUT2D eigenvalue weighted by molar-refractivity contribution is -0.116. The summed E-state index contributed by atoms with van der Waals surface area (Å²) in [4.78, 5) is 17.3. The molecule has 3 heterocycles. The van der Waals surface area contributed by atoms with Gasteiger partial charge in [0, 0.05) is 33.9 Å². The number of pyridine rings is 1. The predicted octanol–water partition coefficient (Wildman–Crippen LogP) is 5.91. The smallest absolute Gasteiger partial charge is 0.247 e. The molecular formula is C26H22Cl2N6O. The number of hydrogen-bond donors (Lipinski definition) is 1. The van der Waals surface area contributed by atoms with Crippen molar-refractivity contribution < 1.29 is 4.79 Å². The van der Waals surface area contributed by atoms with Gasteiger partial charge in [-0.3, -0.25) is 9.48 Å². The lowest BCUT2D eigenvalue weighted by Crippen LogP contribution is -2.20. The van der Waals surface area contributed by atoms with Crippen molar-refractivity contribution >= 4 is 46.0 Å². The van der Waals surface area contributed by atoms with Crippen molar-refractivity contribution in [2.24, 2.45) is 0 Å². The van der Waals surface area contributed by atoms with Crippen molar-refractivity contribution in [1.82, 2.24) is 24.5 Å². The predicted molar refractivity (Wildman–Crippen MR) is 139 cm³/mol. The maximum absolute atomic E-state index is 12.8. The number of nitrogens with zero attached hydrogens (tertiary/aromatic N) is 5. The zero-order valence-electron chi connectivity index (χ0n) is 19.2. The maximum Gasteiger partial charge on any atom is 0.247 e. The van der Waals surface area contributed by atoms with Gasteiger partial charge in [0.2, 0.25) is 5.91 Å². The molecule has 7 nitrogen and oxygen atoms in total. The average molecular weight is 505 g/mol. The first-order valence-electron chi connectivity index (χ1n) is 11.0. The number of benzene rings is 2. The van der Waals surface area contributed by atoms with Crippen LogP contribution in [0.1, 0.15) is 16.8 Å². The molecule has 0 radical (unpaired) electrons. The normalized spacial score (nSPS) is 11.2. The van der Waals surface area contributed by atoms with Gasteiger partial charge >= 0.3 is 0 Å². The first-order chi connectivity index (χ1) is 16.9. The summed E-state index contributed by atoms with van der Waals surface area (Å²) in [6.45, 7) is 4.47. The van der Waals surface area contributed by atoms with Crippen molar-refractivity contribution in [2.45, 2.75) is 26.9 Å². The monoisotopic (exact) mass is 504 g/mol. The van der Waals surface area contributed by atoms with Gasteiger partial charge < -0.3 is 5.32 Å². The van der Waals surface area contributed by atoms with E-state index in [1.54, 1.807) is 40.0 Å². The highest BCUT2D eigenvalue weighted by Gasteiger charge is 2.16. The summed E-state index contributed by atoms with van der Waals surface area (Å²) in [5, 5.41) is 13.9. The van der Waals surface area contributed by atoms with Crippen LogP contribution in [0.5, 0.6) is 0 Å². The Balaban J connectivity index is 1.32. The molecule has 0 spiro atoms. The molecule has 0 aliphatic carbocycles. The average Bonchev–Trinajstić information content (AvgIpc) is 3.40. The molecule has 0 bridgehead atoms. The summed E-state index contributed by atoms with van der Waals surface area (Å²) in [6.07, 6.45) is 3.53. The molecule has 35 heavy (non-hydrogen) atoms. The van der Waals surface area contributed by atoms with Gasteiger partial charge in [-0.05, 0) is 48.7 Å². The minimum atomic E-state index is -0.244. The first kappa shape index (κ1) is 23.1. The number of aromatic nitrogens is 5. The van der Waals surface area contributed by atoms with E-state index in [2.05, 4.69) is 51.7 Å². The lowest BCUT2D eigenvalue weighted by Gasteiger charge is -2.07. The molecule has 3 aromatic heterocycles. The van der Waals surface area contributed by atoms with E-state index in [0.717, 1.165) is 27.8 Å². The van der Waals surface area contributed by atoms with Crippen LogP contribution < -0.4 is 5.32 Å². The Kier molecular flexibility index (Phi) is 6.28. The molecule has 2 aromatic carbocycles. The minimum Gasteiger partial charge on any atom is -0.308 e. The summed E-state index contributed by atoms with van der Waals surface area (Å²) >= 11 is 12.2. The maximum atomic E-state index is 12.8. The summed E-state index contributed by atoms with van der Waals surface area (Å²) in [7, 11) is 0. The van der Waals surface area contributed by atoms with Gasteiger partial charge in [0.25, 0.3) is 0 Å². The fourth-order valence-electron chi connectivity index (χ4n) is 4.02. The van der Waals surface area contributed by atoms with Crippen LogP contribution in [0.4, 0.5) is 5.82 Å². The van der Waals surface area contributed by atoms with Crippen molar-refractivity contribution in [3.8, 4) is 11.1 Å². The van der Waals surface area contributed by atoms with E-state index in [-0.39, 0.29) is 12.5 Å². The largest absolute Gasteiger partial charge is 0.308 e. The van der Waals surface area contributed by atoms with Crippen LogP contribution >= 0.6 is 23.2 Å². The zero-order valence-corrected chi connectivity index (χ0v) is 20.7. The molecule has 0 saturated heterocycles. The Labute approximate surface area is 212 Å². The molecule has 0 atom stereocenters. The van der Waals surface area contributed by atoms with Gasteiger partial charge in [0.05, 0.1) is 12.2 Å². The molecule has 0 saturated carbocycles. The van der Waals surface area contributed by atoms with E-state index in [1.165, 1.54) is 5.56 Å². The summed E-state index contributed by atoms with van der Waals surface area (Å²) in [5.41, 5.74) is 5.69. The molecule has 176 valence electrons. The Morgan fingerprint density at radius 2 is 1.80 bits per heavy atom. The van der Waals surface area contributed by atoms with E-state index in [4.69, 9.17) is 23.2 Å². The molecule has 5 rings (SSSR count). The fourth-order valence-corrected chi connectivity index (χ4v) is 4.49. The molecular weight excluding hydrogens is 483 g/mol. The highest BCUT2D eigenvalue weighted by Crippen LogP contribution is 2.30. The number of rotatable bonds is 6. The van der Waals surface area contributed by atoms with Crippen molar-refractivity contribution in [3.05, 3.63) is 93.9 Å². The Bertz CT molecular complexity index is 1540. The number of hydrogen-bond acceptors (Lipinski definition) is 4. The minimum absolute atomic E-state index is 0.0184. The molecule has 0 fully saturated rings. The number of amides is 1. The molecule has 1 amide bonds. The summed E-state index contributed by atoms with van der Waals surface area (Å²) < 4.78 is 3.33. The number of nitrogens with one attached hydrogen (secondary N) is 1. The highest BCUT2D eigenvalue weighted by atomic mass is 35.5. The van der Waals surface area contributed by atoms with Crippen LogP contribution in [0, 0.1) is 13.8 Å². The lowest BCUT2D eigenvalue weighted by atomic mass is 10.0. The summed E-state index contributed by atoms with van der Waals surface area (Å²) in [5.74, 6) is 0.202. The molecule has 5 aromatic rings. The van der Waals surface area contributed by atoms with Crippen molar-refractivity contribution in [3.63, 3.8) is 0 Å². The van der Waals surface area contributed by atoms with Gasteiger partial charge in [0.1, 0.15) is 6.54 Å². The fraction of sp³-hybridized carbons (Fsp3) is 0.154. The topological polar surface area (TPSA) is 77.6 Å². The van der Waals surface area contributed by atoms with Gasteiger partial charge in [-0.1, -0.05) is 59.1 Å². The van der Waals surface area contributed by atoms with E-state index in [9.17, 15) is 4.79 Å². The van der Waals surface area contributed by atoms with Crippen molar-refractivity contribution in [2.75, 3.05) is 5.32 Å². The van der Waals surface area contributed by atoms with E-state index >= 15 is 0 Å². The molecule has 0 aliphatic heterocycles. The van der Waals surface area contributed by atoms with Gasteiger partial charge in [-0.2, -0.15) is 10.2 Å². The molecule has 0 unspecified atom stereocenters. The third-order valence-electron chi connectivity index (χ3n) is 5.72. The third-order valence-corrected chi connectivity index (χ3v) is 6.31. The number of carbonyl (C=O) groups excluding carboxylic acids is 1. The molecule has 0 aliphatic rings. The Morgan fingerprint density at radius 3 is 2.57 bits per heavy atom. The third kappa shape index (κ3) is 4.92. The van der Waals surface area contributed by atoms with E-state index in [1.807, 2.05) is 19.1 Å². The van der Waals surface area contributed by atoms with Crippen molar-refractivity contribution in [1.29, 1.82) is 0 Å². The number of fused-ring (bicyclic) bond motifs is 1. The SMILES string of the molecule is Cc1ccc(-c2ccnc3c2c(C)nn3CC(=O)Nc2ccn(Cc3ccc(Cl)cc3Cl)n2)cc1. The van der Waals surface area contributed by atoms with Crippen LogP contribution in [-0.2, 0) is 17.9 Å². The van der Waals surface area contributed by atoms with Crippen LogP contribution in [0.25, 0.3) is 22.2 Å². The van der Waals surface area contributed by atoms with Crippen LogP contribution in [-0.4, -0.2) is 30.5 Å². The Morgan fingerprint density at radius 1 is 1.00 bits per heavy atom. The number of anilines is 1. The number of aryl methyl sites for hydroxylation is 2. The van der Waals surface area contributed by atoms with E-state index in [0.29, 0.717) is 28.1 Å². The van der Waals surface area contributed by atoms with Gasteiger partial charge in [-0.15, -0.1) is 0 Å². The quantitative estimate of drug-likeness (QED) is 0.312. The van der Waals surface area contributed by atoms with Gasteiger partial charge in [0.15, 0.2) is 11.5 Å². The van der Waals surface area contributed by atoms with Gasteiger partial charge in [-0.25, -0.2) is 9.67 Å². The zero-order chi connectivity index (χ0) is 24.5. The second kappa shape index (κ2) is 9.52. The standard InChI is InChI=1S/C26H22Cl2N6O/c1-16-3-5-18(6-4-16)21-9-11-29-26-25(21)17(2)31-34(26)15-24(35)30-23-10-12-33(32-23)14-19-7-8-20(27)13-22(19)28/h3-13H,14-15H2,1-2H3,(H,30,32,35). The Hall–Kier alpha value is -3.68. The first-order valence-corrected chi connectivity index (χ1v) is 11.8. The van der Waals surface area contributed by atoms with Crippen LogP contribution in [0.3, 0.4) is 0 Å². The number of halogens is 2. The molecule has 9 heteroatoms. The molecule has 1 N–H and O–H groups in total. The van der Waals surface area contributed by atoms with E-state index < -0.39 is 0 Å². The second-order valence-electron chi connectivity index (χ2n) is 8.35. The number of carbonyl (C=O) groups is 1. The summed E-state index contributed by atoms with van der Waals surface area (Å²) in [6, 6.07) is 17.4.